The number of benzene rings is 1. The molecule has 0 aliphatic rings. The van der Waals surface area contributed by atoms with Gasteiger partial charge < -0.3 is 5.73 Å². The molecule has 1 aromatic heterocycles. The van der Waals surface area contributed by atoms with Gasteiger partial charge in [0, 0.05) is 24.5 Å². The summed E-state index contributed by atoms with van der Waals surface area (Å²) in [4.78, 5) is 15.9. The number of hydrazine groups is 1. The number of nitrogens with zero attached hydrogens (tertiary/aromatic N) is 2. The van der Waals surface area contributed by atoms with Gasteiger partial charge in [-0.2, -0.15) is 0 Å². The second-order valence-corrected chi connectivity index (χ2v) is 3.78. The van der Waals surface area contributed by atoms with Crippen LogP contribution in [0.4, 0.5) is 5.69 Å². The summed E-state index contributed by atoms with van der Waals surface area (Å²) in [7, 11) is 0. The Hall–Kier alpha value is -2.24. The van der Waals surface area contributed by atoms with E-state index in [4.69, 9.17) is 11.6 Å². The summed E-state index contributed by atoms with van der Waals surface area (Å²) in [5.41, 5.74) is 7.61. The van der Waals surface area contributed by atoms with Crippen LogP contribution in [0.25, 0.3) is 0 Å². The van der Waals surface area contributed by atoms with Gasteiger partial charge in [0.05, 0.1) is 5.69 Å². The number of pyridine rings is 1. The Labute approximate surface area is 105 Å². The molecule has 5 heteroatoms. The molecule has 0 atom stereocenters. The van der Waals surface area contributed by atoms with E-state index in [2.05, 4.69) is 4.98 Å². The third-order valence-electron chi connectivity index (χ3n) is 2.60. The van der Waals surface area contributed by atoms with Gasteiger partial charge >= 0.3 is 0 Å². The zero-order valence-electron chi connectivity index (χ0n) is 9.78. The molecule has 1 amide bonds. The first-order valence-electron chi connectivity index (χ1n) is 5.50. The van der Waals surface area contributed by atoms with E-state index in [1.807, 2.05) is 12.1 Å². The molecule has 2 rings (SSSR count). The van der Waals surface area contributed by atoms with Crippen LogP contribution in [-0.2, 0) is 6.54 Å². The average Bonchev–Trinajstić information content (AvgIpc) is 2.47. The lowest BCUT2D eigenvalue weighted by Crippen LogP contribution is -2.37. The van der Waals surface area contributed by atoms with Crippen LogP contribution in [0.15, 0.2) is 48.8 Å². The minimum atomic E-state index is -0.280. The first-order valence-corrected chi connectivity index (χ1v) is 5.50. The van der Waals surface area contributed by atoms with Gasteiger partial charge in [-0.15, -0.1) is 0 Å². The Kier molecular flexibility index (Phi) is 3.66. The highest BCUT2D eigenvalue weighted by atomic mass is 16.2. The largest absolute Gasteiger partial charge is 0.326 e. The molecule has 1 aromatic carbocycles. The summed E-state index contributed by atoms with van der Waals surface area (Å²) < 4.78 is 0. The maximum absolute atomic E-state index is 12.0. The number of rotatable bonds is 3. The molecule has 0 saturated heterocycles. The SMILES string of the molecule is NCc1ccc(N(N)C(=O)c2ccncc2)cc1. The number of nitrogens with two attached hydrogens (primary N) is 2. The van der Waals surface area contributed by atoms with E-state index < -0.39 is 0 Å². The van der Waals surface area contributed by atoms with E-state index in [-0.39, 0.29) is 5.91 Å². The molecular weight excluding hydrogens is 228 g/mol. The van der Waals surface area contributed by atoms with Crippen molar-refractivity contribution in [1.82, 2.24) is 4.98 Å². The van der Waals surface area contributed by atoms with E-state index in [0.29, 0.717) is 17.8 Å². The quantitative estimate of drug-likeness (QED) is 0.479. The fraction of sp³-hybridized carbons (Fsp3) is 0.0769. The first kappa shape index (κ1) is 12.2. The highest BCUT2D eigenvalue weighted by molar-refractivity contribution is 6.05. The van der Waals surface area contributed by atoms with Gasteiger partial charge in [-0.1, -0.05) is 12.1 Å². The zero-order valence-corrected chi connectivity index (χ0v) is 9.78. The van der Waals surface area contributed by atoms with Gasteiger partial charge in [0.25, 0.3) is 5.91 Å². The van der Waals surface area contributed by atoms with Gasteiger partial charge in [-0.05, 0) is 29.8 Å². The van der Waals surface area contributed by atoms with E-state index >= 15 is 0 Å². The highest BCUT2D eigenvalue weighted by Crippen LogP contribution is 2.14. The second-order valence-electron chi connectivity index (χ2n) is 3.78. The van der Waals surface area contributed by atoms with Gasteiger partial charge in [0.2, 0.25) is 0 Å². The molecule has 0 unspecified atom stereocenters. The van der Waals surface area contributed by atoms with E-state index in [1.165, 1.54) is 0 Å². The number of aromatic nitrogens is 1. The summed E-state index contributed by atoms with van der Waals surface area (Å²) in [6.45, 7) is 0.461. The van der Waals surface area contributed by atoms with Crippen molar-refractivity contribution in [2.75, 3.05) is 5.01 Å². The maximum Gasteiger partial charge on any atom is 0.272 e. The fourth-order valence-corrected chi connectivity index (χ4v) is 1.54. The normalized spacial score (nSPS) is 10.1. The summed E-state index contributed by atoms with van der Waals surface area (Å²) in [5, 5.41) is 1.11. The molecule has 5 nitrogen and oxygen atoms in total. The Balaban J connectivity index is 2.20. The summed E-state index contributed by atoms with van der Waals surface area (Å²) in [5.74, 6) is 5.51. The van der Waals surface area contributed by atoms with E-state index in [1.54, 1.807) is 36.7 Å². The van der Waals surface area contributed by atoms with Crippen LogP contribution in [0.1, 0.15) is 15.9 Å². The number of anilines is 1. The van der Waals surface area contributed by atoms with Crippen molar-refractivity contribution < 1.29 is 4.79 Å². The van der Waals surface area contributed by atoms with E-state index in [9.17, 15) is 4.79 Å². The molecule has 0 radical (unpaired) electrons. The van der Waals surface area contributed by atoms with Crippen LogP contribution in [0, 0.1) is 0 Å². The zero-order chi connectivity index (χ0) is 13.0. The third-order valence-corrected chi connectivity index (χ3v) is 2.60. The predicted molar refractivity (Wildman–Crippen MR) is 69.6 cm³/mol. The number of carbonyl (C=O) groups excluding carboxylic acids is 1. The Morgan fingerprint density at radius 1 is 1.11 bits per heavy atom. The third kappa shape index (κ3) is 2.53. The first-order chi connectivity index (χ1) is 8.72. The van der Waals surface area contributed by atoms with Gasteiger partial charge in [-0.25, -0.2) is 10.9 Å². The molecule has 0 saturated carbocycles. The topological polar surface area (TPSA) is 85.2 Å². The standard InChI is InChI=1S/C13H14N4O/c14-9-10-1-3-12(4-2-10)17(15)13(18)11-5-7-16-8-6-11/h1-8H,9,14-15H2. The van der Waals surface area contributed by atoms with Crippen LogP contribution in [-0.4, -0.2) is 10.9 Å². The van der Waals surface area contributed by atoms with Crippen molar-refractivity contribution in [2.45, 2.75) is 6.54 Å². The van der Waals surface area contributed by atoms with Crippen LogP contribution in [0.2, 0.25) is 0 Å². The summed E-state index contributed by atoms with van der Waals surface area (Å²) >= 11 is 0. The maximum atomic E-state index is 12.0. The van der Waals surface area contributed by atoms with Gasteiger partial charge in [-0.3, -0.25) is 9.78 Å². The second kappa shape index (κ2) is 5.39. The number of hydrogen-bond acceptors (Lipinski definition) is 4. The van der Waals surface area contributed by atoms with Crippen molar-refractivity contribution in [3.63, 3.8) is 0 Å². The smallest absolute Gasteiger partial charge is 0.272 e. The van der Waals surface area contributed by atoms with Crippen LogP contribution >= 0.6 is 0 Å². The Morgan fingerprint density at radius 2 is 1.72 bits per heavy atom. The summed E-state index contributed by atoms with van der Waals surface area (Å²) in [6.07, 6.45) is 3.11. The summed E-state index contributed by atoms with van der Waals surface area (Å²) in [6, 6.07) is 10.5. The fourth-order valence-electron chi connectivity index (χ4n) is 1.54. The van der Waals surface area contributed by atoms with Crippen molar-refractivity contribution in [3.05, 3.63) is 59.9 Å². The molecule has 0 aliphatic carbocycles. The Bertz CT molecular complexity index is 524. The number of carbonyl (C=O) groups is 1. The molecule has 18 heavy (non-hydrogen) atoms. The number of hydrogen-bond donors (Lipinski definition) is 2. The lowest BCUT2D eigenvalue weighted by Gasteiger charge is -2.16. The van der Waals surface area contributed by atoms with Gasteiger partial charge in [0.15, 0.2) is 0 Å². The molecular formula is C13H14N4O. The molecule has 4 N–H and O–H groups in total. The average molecular weight is 242 g/mol. The molecule has 0 fully saturated rings. The molecule has 0 spiro atoms. The monoisotopic (exact) mass is 242 g/mol. The molecule has 2 aromatic rings. The predicted octanol–water partition coefficient (Wildman–Crippen LogP) is 1.06. The highest BCUT2D eigenvalue weighted by Gasteiger charge is 2.13. The Morgan fingerprint density at radius 3 is 2.28 bits per heavy atom. The molecule has 1 heterocycles. The minimum absolute atomic E-state index is 0.280. The minimum Gasteiger partial charge on any atom is -0.326 e. The lowest BCUT2D eigenvalue weighted by atomic mass is 10.2. The van der Waals surface area contributed by atoms with E-state index in [0.717, 1.165) is 10.6 Å². The number of amides is 1. The van der Waals surface area contributed by atoms with Crippen LogP contribution in [0.5, 0.6) is 0 Å². The molecule has 92 valence electrons. The van der Waals surface area contributed by atoms with Crippen LogP contribution in [0.3, 0.4) is 0 Å². The lowest BCUT2D eigenvalue weighted by molar-refractivity contribution is 0.0987. The molecule has 0 aliphatic heterocycles. The van der Waals surface area contributed by atoms with Crippen molar-refractivity contribution >= 4 is 11.6 Å². The van der Waals surface area contributed by atoms with Crippen molar-refractivity contribution in [3.8, 4) is 0 Å². The van der Waals surface area contributed by atoms with Crippen molar-refractivity contribution in [2.24, 2.45) is 11.6 Å². The molecule has 0 bridgehead atoms. The van der Waals surface area contributed by atoms with Crippen LogP contribution < -0.4 is 16.6 Å². The van der Waals surface area contributed by atoms with Gasteiger partial charge in [0.1, 0.15) is 0 Å². The van der Waals surface area contributed by atoms with Crippen molar-refractivity contribution in [1.29, 1.82) is 0 Å².